The van der Waals surface area contributed by atoms with Gasteiger partial charge in [-0.15, -0.1) is 0 Å². The minimum absolute atomic E-state index is 0.0126. The Labute approximate surface area is 136 Å². The summed E-state index contributed by atoms with van der Waals surface area (Å²) >= 11 is 11.7. The molecule has 2 unspecified atom stereocenters. The van der Waals surface area contributed by atoms with Gasteiger partial charge in [0.2, 0.25) is 17.7 Å². The van der Waals surface area contributed by atoms with Gasteiger partial charge in [0.1, 0.15) is 0 Å². The van der Waals surface area contributed by atoms with Crippen LogP contribution in [0.3, 0.4) is 0 Å². The number of carbonyl (C=O) groups is 3. The Kier molecular flexibility index (Phi) is 5.39. The molecule has 22 heavy (non-hydrogen) atoms. The summed E-state index contributed by atoms with van der Waals surface area (Å²) in [5.41, 5.74) is 0.478. The number of amides is 3. The molecule has 1 saturated heterocycles. The van der Waals surface area contributed by atoms with Gasteiger partial charge in [-0.3, -0.25) is 19.7 Å². The Morgan fingerprint density at radius 2 is 1.95 bits per heavy atom. The third-order valence-corrected chi connectivity index (χ3v) is 3.70. The lowest BCUT2D eigenvalue weighted by Crippen LogP contribution is -2.31. The average molecular weight is 345 g/mol. The Bertz CT molecular complexity index is 601. The molecule has 1 aliphatic heterocycles. The minimum Gasteiger partial charge on any atom is -0.387 e. The largest absolute Gasteiger partial charge is 0.387 e. The van der Waals surface area contributed by atoms with E-state index in [-0.39, 0.29) is 25.3 Å². The standard InChI is InChI=1S/C14H14Cl2N2O4/c15-9-1-7(2-10(16)5-9)11(19)6-17-12(20)3-8-4-13(21)18-14(8)22/h1-2,5,8,11,19H,3-4,6H2,(H,17,20)(H,18,21,22). The molecule has 0 radical (unpaired) electrons. The van der Waals surface area contributed by atoms with Gasteiger partial charge in [-0.25, -0.2) is 0 Å². The van der Waals surface area contributed by atoms with Crippen LogP contribution in [0.2, 0.25) is 10.0 Å². The molecule has 0 saturated carbocycles. The Morgan fingerprint density at radius 1 is 1.32 bits per heavy atom. The highest BCUT2D eigenvalue weighted by Crippen LogP contribution is 2.23. The monoisotopic (exact) mass is 344 g/mol. The second-order valence-corrected chi connectivity index (χ2v) is 5.91. The van der Waals surface area contributed by atoms with E-state index in [9.17, 15) is 19.5 Å². The van der Waals surface area contributed by atoms with Gasteiger partial charge < -0.3 is 10.4 Å². The molecule has 118 valence electrons. The molecule has 3 amide bonds. The van der Waals surface area contributed by atoms with E-state index in [4.69, 9.17) is 23.2 Å². The molecule has 2 rings (SSSR count). The molecule has 1 heterocycles. The van der Waals surface area contributed by atoms with Crippen molar-refractivity contribution in [2.75, 3.05) is 6.54 Å². The van der Waals surface area contributed by atoms with Crippen LogP contribution in [-0.4, -0.2) is 29.4 Å². The van der Waals surface area contributed by atoms with Crippen LogP contribution in [0.1, 0.15) is 24.5 Å². The van der Waals surface area contributed by atoms with Crippen molar-refractivity contribution < 1.29 is 19.5 Å². The molecule has 0 aromatic heterocycles. The number of hydrogen-bond acceptors (Lipinski definition) is 4. The zero-order chi connectivity index (χ0) is 16.3. The Balaban J connectivity index is 1.85. The maximum Gasteiger partial charge on any atom is 0.230 e. The van der Waals surface area contributed by atoms with Crippen LogP contribution in [-0.2, 0) is 14.4 Å². The normalized spacial score (nSPS) is 19.0. The molecule has 0 aliphatic carbocycles. The predicted octanol–water partition coefficient (Wildman–Crippen LogP) is 1.20. The van der Waals surface area contributed by atoms with Crippen molar-refractivity contribution in [1.29, 1.82) is 0 Å². The summed E-state index contributed by atoms with van der Waals surface area (Å²) in [6.07, 6.45) is -1.06. The third-order valence-electron chi connectivity index (χ3n) is 3.26. The van der Waals surface area contributed by atoms with Crippen LogP contribution in [0.15, 0.2) is 18.2 Å². The SMILES string of the molecule is O=C(CC1CC(=O)NC1=O)NCC(O)c1cc(Cl)cc(Cl)c1. The number of aliphatic hydroxyl groups excluding tert-OH is 1. The number of benzene rings is 1. The second kappa shape index (κ2) is 7.09. The molecular formula is C14H14Cl2N2O4. The van der Waals surface area contributed by atoms with Crippen molar-refractivity contribution in [3.8, 4) is 0 Å². The molecule has 2 atom stereocenters. The van der Waals surface area contributed by atoms with Crippen molar-refractivity contribution in [1.82, 2.24) is 10.6 Å². The number of halogens is 2. The zero-order valence-electron chi connectivity index (χ0n) is 11.4. The molecule has 1 aromatic carbocycles. The van der Waals surface area contributed by atoms with Crippen molar-refractivity contribution in [3.05, 3.63) is 33.8 Å². The molecule has 6 nitrogen and oxygen atoms in total. The average Bonchev–Trinajstić information content (AvgIpc) is 2.73. The van der Waals surface area contributed by atoms with E-state index in [0.29, 0.717) is 15.6 Å². The lowest BCUT2D eigenvalue weighted by Gasteiger charge is -2.14. The minimum atomic E-state index is -0.973. The first-order valence-electron chi connectivity index (χ1n) is 6.59. The number of hydrogen-bond donors (Lipinski definition) is 3. The number of aliphatic hydroxyl groups is 1. The van der Waals surface area contributed by atoms with Crippen LogP contribution in [0, 0.1) is 5.92 Å². The van der Waals surface area contributed by atoms with Crippen LogP contribution in [0.5, 0.6) is 0 Å². The highest BCUT2D eigenvalue weighted by molar-refractivity contribution is 6.34. The number of nitrogens with one attached hydrogen (secondary N) is 2. The summed E-state index contributed by atoms with van der Waals surface area (Å²) in [4.78, 5) is 34.2. The zero-order valence-corrected chi connectivity index (χ0v) is 12.9. The van der Waals surface area contributed by atoms with Gasteiger partial charge in [0.05, 0.1) is 12.0 Å². The molecule has 1 aromatic rings. The lowest BCUT2D eigenvalue weighted by atomic mass is 10.0. The van der Waals surface area contributed by atoms with E-state index in [0.717, 1.165) is 0 Å². The van der Waals surface area contributed by atoms with E-state index in [1.165, 1.54) is 6.07 Å². The predicted molar refractivity (Wildman–Crippen MR) is 80.3 cm³/mol. The maximum absolute atomic E-state index is 11.8. The molecule has 0 spiro atoms. The van der Waals surface area contributed by atoms with Crippen LogP contribution >= 0.6 is 23.2 Å². The highest BCUT2D eigenvalue weighted by atomic mass is 35.5. The number of imide groups is 1. The molecular weight excluding hydrogens is 331 g/mol. The number of rotatable bonds is 5. The smallest absolute Gasteiger partial charge is 0.230 e. The summed E-state index contributed by atoms with van der Waals surface area (Å²) in [5.74, 6) is -1.88. The molecule has 1 aliphatic rings. The Morgan fingerprint density at radius 3 is 2.50 bits per heavy atom. The second-order valence-electron chi connectivity index (χ2n) is 5.04. The summed E-state index contributed by atoms with van der Waals surface area (Å²) in [7, 11) is 0. The molecule has 8 heteroatoms. The van der Waals surface area contributed by atoms with E-state index in [1.54, 1.807) is 12.1 Å². The van der Waals surface area contributed by atoms with Gasteiger partial charge >= 0.3 is 0 Å². The fraction of sp³-hybridized carbons (Fsp3) is 0.357. The molecule has 0 bridgehead atoms. The summed E-state index contributed by atoms with van der Waals surface area (Å²) < 4.78 is 0. The summed E-state index contributed by atoms with van der Waals surface area (Å²) in [6, 6.07) is 4.63. The molecule has 1 fully saturated rings. The van der Waals surface area contributed by atoms with Gasteiger partial charge in [0.15, 0.2) is 0 Å². The fourth-order valence-electron chi connectivity index (χ4n) is 2.16. The summed E-state index contributed by atoms with van der Waals surface area (Å²) in [5, 5.41) is 15.4. The van der Waals surface area contributed by atoms with E-state index >= 15 is 0 Å². The van der Waals surface area contributed by atoms with Crippen LogP contribution < -0.4 is 10.6 Å². The van der Waals surface area contributed by atoms with Gasteiger partial charge in [0.25, 0.3) is 0 Å². The van der Waals surface area contributed by atoms with Crippen LogP contribution in [0.4, 0.5) is 0 Å². The lowest BCUT2D eigenvalue weighted by molar-refractivity contribution is -0.129. The van der Waals surface area contributed by atoms with Gasteiger partial charge in [-0.2, -0.15) is 0 Å². The first-order chi connectivity index (χ1) is 10.3. The summed E-state index contributed by atoms with van der Waals surface area (Å²) in [6.45, 7) is -0.0439. The van der Waals surface area contributed by atoms with Crippen molar-refractivity contribution >= 4 is 40.9 Å². The third kappa shape index (κ3) is 4.43. The van der Waals surface area contributed by atoms with Crippen molar-refractivity contribution in [3.63, 3.8) is 0 Å². The first-order valence-corrected chi connectivity index (χ1v) is 7.35. The van der Waals surface area contributed by atoms with Gasteiger partial charge in [-0.05, 0) is 23.8 Å². The van der Waals surface area contributed by atoms with E-state index in [2.05, 4.69) is 10.6 Å². The molecule has 3 N–H and O–H groups in total. The van der Waals surface area contributed by atoms with Crippen molar-refractivity contribution in [2.24, 2.45) is 5.92 Å². The maximum atomic E-state index is 11.8. The highest BCUT2D eigenvalue weighted by Gasteiger charge is 2.32. The van der Waals surface area contributed by atoms with E-state index < -0.39 is 23.8 Å². The topological polar surface area (TPSA) is 95.5 Å². The van der Waals surface area contributed by atoms with Crippen molar-refractivity contribution in [2.45, 2.75) is 18.9 Å². The number of carbonyl (C=O) groups excluding carboxylic acids is 3. The fourth-order valence-corrected chi connectivity index (χ4v) is 2.71. The van der Waals surface area contributed by atoms with E-state index in [1.807, 2.05) is 0 Å². The Hall–Kier alpha value is -1.63. The van der Waals surface area contributed by atoms with Gasteiger partial charge in [-0.1, -0.05) is 23.2 Å². The quantitative estimate of drug-likeness (QED) is 0.699. The van der Waals surface area contributed by atoms with Crippen LogP contribution in [0.25, 0.3) is 0 Å². The first kappa shape index (κ1) is 16.7. The van der Waals surface area contributed by atoms with Gasteiger partial charge in [0, 0.05) is 29.4 Å².